The van der Waals surface area contributed by atoms with E-state index in [1.165, 1.54) is 0 Å². The van der Waals surface area contributed by atoms with Gasteiger partial charge in [0, 0.05) is 25.2 Å². The molecule has 2 unspecified atom stereocenters. The zero-order valence-corrected chi connectivity index (χ0v) is 20.6. The highest BCUT2D eigenvalue weighted by molar-refractivity contribution is 5.85. The molecule has 0 saturated heterocycles. The van der Waals surface area contributed by atoms with Crippen molar-refractivity contribution in [1.29, 1.82) is 0 Å². The van der Waals surface area contributed by atoms with Crippen molar-refractivity contribution in [3.8, 4) is 0 Å². The van der Waals surface area contributed by atoms with Crippen LogP contribution in [0, 0.1) is 0 Å². The lowest BCUT2D eigenvalue weighted by atomic mass is 9.89. The molecule has 2 aromatic rings. The fourth-order valence-corrected chi connectivity index (χ4v) is 4.49. The summed E-state index contributed by atoms with van der Waals surface area (Å²) in [5.74, 6) is 0. The van der Waals surface area contributed by atoms with Gasteiger partial charge in [-0.25, -0.2) is 0 Å². The van der Waals surface area contributed by atoms with Gasteiger partial charge < -0.3 is 10.6 Å². The number of hydrogen-bond donors (Lipinski definition) is 2. The molecule has 0 spiro atoms. The Kier molecular flexibility index (Phi) is 10.3. The molecule has 2 aromatic carbocycles. The number of alkyl halides is 12. The van der Waals surface area contributed by atoms with E-state index in [1.54, 1.807) is 0 Å². The first kappa shape index (κ1) is 33.0. The second-order valence-electron chi connectivity index (χ2n) is 8.99. The van der Waals surface area contributed by atoms with Gasteiger partial charge in [-0.2, -0.15) is 52.7 Å². The third-order valence-corrected chi connectivity index (χ3v) is 6.35. The van der Waals surface area contributed by atoms with Gasteiger partial charge in [-0.05, 0) is 60.4 Å². The zero-order valence-electron chi connectivity index (χ0n) is 19.8. The molecular formula is C24H23ClF12N2. The summed E-state index contributed by atoms with van der Waals surface area (Å²) in [6.07, 6.45) is -17.8. The van der Waals surface area contributed by atoms with Crippen LogP contribution >= 0.6 is 12.4 Å². The molecule has 2 atom stereocenters. The molecular weight excluding hydrogens is 580 g/mol. The highest BCUT2D eigenvalue weighted by Crippen LogP contribution is 2.38. The Balaban J connectivity index is 0.00000533. The van der Waals surface area contributed by atoms with Crippen LogP contribution in [0.5, 0.6) is 0 Å². The number of nitrogens with one attached hydrogen (secondary N) is 2. The Hall–Kier alpha value is -2.19. The van der Waals surface area contributed by atoms with Gasteiger partial charge in [-0.1, -0.05) is 12.8 Å². The van der Waals surface area contributed by atoms with Crippen LogP contribution in [0.3, 0.4) is 0 Å². The number of benzene rings is 2. The Bertz CT molecular complexity index is 1020. The second-order valence-corrected chi connectivity index (χ2v) is 8.99. The molecule has 2 N–H and O–H groups in total. The van der Waals surface area contributed by atoms with Crippen molar-refractivity contribution >= 4 is 12.4 Å². The maximum absolute atomic E-state index is 13.4. The van der Waals surface area contributed by atoms with Crippen molar-refractivity contribution in [2.24, 2.45) is 0 Å². The molecule has 2 nitrogen and oxygen atoms in total. The van der Waals surface area contributed by atoms with Gasteiger partial charge in [0.1, 0.15) is 0 Å². The van der Waals surface area contributed by atoms with E-state index < -0.39 is 83.3 Å². The third-order valence-electron chi connectivity index (χ3n) is 6.35. The first-order valence-electron chi connectivity index (χ1n) is 11.4. The summed E-state index contributed by atoms with van der Waals surface area (Å²) >= 11 is 0. The van der Waals surface area contributed by atoms with Crippen molar-refractivity contribution in [1.82, 2.24) is 10.6 Å². The molecule has 0 heterocycles. The minimum absolute atomic E-state index is 0. The lowest BCUT2D eigenvalue weighted by molar-refractivity contribution is -0.142. The lowest BCUT2D eigenvalue weighted by Gasteiger charge is -2.34. The lowest BCUT2D eigenvalue weighted by Crippen LogP contribution is -2.49. The molecule has 1 saturated carbocycles. The van der Waals surface area contributed by atoms with E-state index in [1.807, 2.05) is 0 Å². The predicted octanol–water partition coefficient (Wildman–Crippen LogP) is 8.37. The van der Waals surface area contributed by atoms with Crippen LogP contribution in [0.2, 0.25) is 0 Å². The van der Waals surface area contributed by atoms with Gasteiger partial charge >= 0.3 is 24.7 Å². The highest BCUT2D eigenvalue weighted by atomic mass is 35.5. The molecule has 3 rings (SSSR count). The second kappa shape index (κ2) is 12.1. The Labute approximate surface area is 221 Å². The maximum atomic E-state index is 13.4. The first-order chi connectivity index (χ1) is 17.4. The third kappa shape index (κ3) is 8.65. The summed E-state index contributed by atoms with van der Waals surface area (Å²) in [6.45, 7) is -1.22. The fourth-order valence-electron chi connectivity index (χ4n) is 4.49. The minimum Gasteiger partial charge on any atom is -0.308 e. The maximum Gasteiger partial charge on any atom is 0.416 e. The van der Waals surface area contributed by atoms with E-state index in [0.29, 0.717) is 62.1 Å². The van der Waals surface area contributed by atoms with Gasteiger partial charge in [-0.15, -0.1) is 12.4 Å². The van der Waals surface area contributed by atoms with Crippen LogP contribution in [0.25, 0.3) is 0 Å². The van der Waals surface area contributed by atoms with Crippen LogP contribution in [-0.4, -0.2) is 12.1 Å². The summed E-state index contributed by atoms with van der Waals surface area (Å²) in [5.41, 5.74) is -6.40. The molecule has 0 aromatic heterocycles. The monoisotopic (exact) mass is 602 g/mol. The molecule has 39 heavy (non-hydrogen) atoms. The van der Waals surface area contributed by atoms with Crippen LogP contribution in [-0.2, 0) is 37.8 Å². The summed E-state index contributed by atoms with van der Waals surface area (Å²) in [6, 6.07) is 0.790. The Morgan fingerprint density at radius 2 is 0.872 bits per heavy atom. The number of hydrogen-bond acceptors (Lipinski definition) is 2. The van der Waals surface area contributed by atoms with Crippen molar-refractivity contribution < 1.29 is 52.7 Å². The molecule has 0 amide bonds. The molecule has 15 heteroatoms. The van der Waals surface area contributed by atoms with Gasteiger partial charge in [0.2, 0.25) is 0 Å². The molecule has 0 bridgehead atoms. The number of rotatable bonds is 6. The van der Waals surface area contributed by atoms with Gasteiger partial charge in [0.05, 0.1) is 22.3 Å². The highest BCUT2D eigenvalue weighted by Gasteiger charge is 2.39. The largest absolute Gasteiger partial charge is 0.416 e. The van der Waals surface area contributed by atoms with Gasteiger partial charge in [0.25, 0.3) is 0 Å². The van der Waals surface area contributed by atoms with E-state index >= 15 is 0 Å². The average molecular weight is 603 g/mol. The van der Waals surface area contributed by atoms with Crippen molar-refractivity contribution in [3.63, 3.8) is 0 Å². The Morgan fingerprint density at radius 3 is 1.15 bits per heavy atom. The average Bonchev–Trinajstić information content (AvgIpc) is 2.79. The van der Waals surface area contributed by atoms with Crippen LogP contribution in [0.15, 0.2) is 36.4 Å². The molecule has 1 aliphatic carbocycles. The van der Waals surface area contributed by atoms with Crippen molar-refractivity contribution in [2.45, 2.75) is 75.6 Å². The quantitative estimate of drug-likeness (QED) is 0.325. The van der Waals surface area contributed by atoms with Crippen LogP contribution in [0.1, 0.15) is 59.1 Å². The van der Waals surface area contributed by atoms with Gasteiger partial charge in [-0.3, -0.25) is 0 Å². The van der Waals surface area contributed by atoms with Crippen molar-refractivity contribution in [3.05, 3.63) is 69.8 Å². The normalized spacial score (nSPS) is 19.1. The molecule has 220 valence electrons. The molecule has 0 aliphatic heterocycles. The predicted molar refractivity (Wildman–Crippen MR) is 120 cm³/mol. The fraction of sp³-hybridized carbons (Fsp3) is 0.500. The smallest absolute Gasteiger partial charge is 0.308 e. The SMILES string of the molecule is Cl.FC(F)(F)c1ccc(C(F)(F)F)c(CNC2CCCCC2NCc2cc(C(F)(F)F)ccc2C(F)(F)F)c1. The van der Waals surface area contributed by atoms with E-state index in [2.05, 4.69) is 10.6 Å². The van der Waals surface area contributed by atoms with Crippen LogP contribution < -0.4 is 10.6 Å². The summed E-state index contributed by atoms with van der Waals surface area (Å²) in [5, 5.41) is 5.53. The topological polar surface area (TPSA) is 24.1 Å². The summed E-state index contributed by atoms with van der Waals surface area (Å²) < 4.78 is 159. The number of halogens is 13. The molecule has 1 aliphatic rings. The van der Waals surface area contributed by atoms with E-state index in [9.17, 15) is 52.7 Å². The van der Waals surface area contributed by atoms with E-state index in [4.69, 9.17) is 0 Å². The molecule has 1 fully saturated rings. The summed E-state index contributed by atoms with van der Waals surface area (Å²) in [7, 11) is 0. The van der Waals surface area contributed by atoms with Crippen molar-refractivity contribution in [2.75, 3.05) is 0 Å². The molecule has 0 radical (unpaired) electrons. The Morgan fingerprint density at radius 1 is 0.538 bits per heavy atom. The van der Waals surface area contributed by atoms with E-state index in [-0.39, 0.29) is 12.4 Å². The summed E-state index contributed by atoms with van der Waals surface area (Å²) in [4.78, 5) is 0. The minimum atomic E-state index is -4.93. The van der Waals surface area contributed by atoms with Gasteiger partial charge in [0.15, 0.2) is 0 Å². The first-order valence-corrected chi connectivity index (χ1v) is 11.4. The zero-order chi connectivity index (χ0) is 28.5. The van der Waals surface area contributed by atoms with E-state index in [0.717, 1.165) is 0 Å². The standard InChI is InChI=1S/C24H22F12N2.ClH/c25-21(26,27)15-5-7-17(23(31,32)33)13(9-15)11-37-19-3-1-2-4-20(19)38-12-14-10-16(22(28,29)30)6-8-18(14)24(34,35)36;/h5-10,19-20,37-38H,1-4,11-12H2;1H. The van der Waals surface area contributed by atoms with Crippen LogP contribution in [0.4, 0.5) is 52.7 Å².